The molecule has 0 atom stereocenters. The number of amides is 1. The molecule has 4 nitrogen and oxygen atoms in total. The Morgan fingerprint density at radius 1 is 1.43 bits per heavy atom. The van der Waals surface area contributed by atoms with Crippen molar-refractivity contribution in [2.24, 2.45) is 0 Å². The van der Waals surface area contributed by atoms with Crippen LogP contribution < -0.4 is 11.1 Å². The molecule has 21 heavy (non-hydrogen) atoms. The molecule has 114 valence electrons. The van der Waals surface area contributed by atoms with E-state index < -0.39 is 0 Å². The Kier molecular flexibility index (Phi) is 6.35. The largest absolute Gasteiger partial charge is 0.397 e. The van der Waals surface area contributed by atoms with Crippen LogP contribution in [-0.4, -0.2) is 35.7 Å². The van der Waals surface area contributed by atoms with Crippen molar-refractivity contribution < 1.29 is 9.90 Å². The van der Waals surface area contributed by atoms with Gasteiger partial charge >= 0.3 is 0 Å². The van der Waals surface area contributed by atoms with Crippen LogP contribution in [0, 0.1) is 0 Å². The Morgan fingerprint density at radius 3 is 3.00 bits per heavy atom. The van der Waals surface area contributed by atoms with Gasteiger partial charge in [0.05, 0.1) is 5.69 Å². The Labute approximate surface area is 140 Å². The van der Waals surface area contributed by atoms with Crippen LogP contribution in [0.15, 0.2) is 22.7 Å². The monoisotopic (exact) mass is 388 g/mol. The first kappa shape index (κ1) is 16.6. The average Bonchev–Trinajstić information content (AvgIpc) is 2.79. The quantitative estimate of drug-likeness (QED) is 0.637. The predicted octanol–water partition coefficient (Wildman–Crippen LogP) is 3.09. The van der Waals surface area contributed by atoms with E-state index in [2.05, 4.69) is 21.2 Å². The average molecular weight is 389 g/mol. The van der Waals surface area contributed by atoms with Crippen LogP contribution in [0.1, 0.15) is 16.1 Å². The normalized spacial score (nSPS) is 11.0. The van der Waals surface area contributed by atoms with Crippen molar-refractivity contribution >= 4 is 60.7 Å². The molecule has 1 aromatic carbocycles. The minimum atomic E-state index is -0.118. The van der Waals surface area contributed by atoms with Crippen LogP contribution >= 0.6 is 39.0 Å². The number of fused-ring (bicyclic) bond motifs is 1. The summed E-state index contributed by atoms with van der Waals surface area (Å²) < 4.78 is 1.98. The van der Waals surface area contributed by atoms with Crippen molar-refractivity contribution in [1.29, 1.82) is 0 Å². The molecule has 0 aliphatic rings. The van der Waals surface area contributed by atoms with Crippen LogP contribution in [0.25, 0.3) is 10.1 Å². The topological polar surface area (TPSA) is 75.4 Å². The second-order valence-electron chi connectivity index (χ2n) is 4.43. The van der Waals surface area contributed by atoms with E-state index in [1.54, 1.807) is 11.8 Å². The molecule has 1 amide bonds. The number of thiophene rings is 1. The number of nitrogen functional groups attached to an aromatic ring is 1. The van der Waals surface area contributed by atoms with Gasteiger partial charge in [-0.2, -0.15) is 11.8 Å². The maximum Gasteiger partial charge on any atom is 0.263 e. The van der Waals surface area contributed by atoms with Gasteiger partial charge in [0.2, 0.25) is 0 Å². The fourth-order valence-electron chi connectivity index (χ4n) is 1.84. The minimum Gasteiger partial charge on any atom is -0.397 e. The van der Waals surface area contributed by atoms with Gasteiger partial charge in [-0.1, -0.05) is 22.0 Å². The van der Waals surface area contributed by atoms with Gasteiger partial charge in [-0.05, 0) is 24.3 Å². The lowest BCUT2D eigenvalue weighted by molar-refractivity contribution is 0.0961. The van der Waals surface area contributed by atoms with Gasteiger partial charge in [0.15, 0.2) is 0 Å². The molecule has 0 spiro atoms. The number of hydrogen-bond donors (Lipinski definition) is 3. The number of aliphatic hydroxyl groups excluding tert-OH is 1. The summed E-state index contributed by atoms with van der Waals surface area (Å²) >= 11 is 6.55. The molecule has 2 aromatic rings. The maximum absolute atomic E-state index is 12.2. The number of hydrogen-bond acceptors (Lipinski definition) is 5. The highest BCUT2D eigenvalue weighted by Crippen LogP contribution is 2.35. The molecule has 7 heteroatoms. The molecule has 0 saturated carbocycles. The number of aliphatic hydroxyl groups is 1. The molecule has 0 aliphatic heterocycles. The molecular weight excluding hydrogens is 372 g/mol. The van der Waals surface area contributed by atoms with Gasteiger partial charge < -0.3 is 16.2 Å². The van der Waals surface area contributed by atoms with Gasteiger partial charge in [-0.15, -0.1) is 11.3 Å². The van der Waals surface area contributed by atoms with Crippen molar-refractivity contribution in [2.45, 2.75) is 6.42 Å². The summed E-state index contributed by atoms with van der Waals surface area (Å²) in [6, 6.07) is 5.82. The number of carbonyl (C=O) groups excluding carboxylic acids is 1. The molecule has 0 fully saturated rings. The number of rotatable bonds is 7. The molecule has 4 N–H and O–H groups in total. The molecule has 0 unspecified atom stereocenters. The fraction of sp³-hybridized carbons (Fsp3) is 0.357. The second kappa shape index (κ2) is 8.03. The van der Waals surface area contributed by atoms with Crippen LogP contribution in [-0.2, 0) is 0 Å². The fourth-order valence-corrected chi connectivity index (χ4v) is 4.22. The summed E-state index contributed by atoms with van der Waals surface area (Å²) in [7, 11) is 0. The second-order valence-corrected chi connectivity index (χ2v) is 7.62. The number of halogens is 1. The summed E-state index contributed by atoms with van der Waals surface area (Å²) in [6.07, 6.45) is 0.788. The highest BCUT2D eigenvalue weighted by molar-refractivity contribution is 9.10. The van der Waals surface area contributed by atoms with E-state index in [0.29, 0.717) is 17.1 Å². The number of benzene rings is 1. The summed E-state index contributed by atoms with van der Waals surface area (Å²) in [6.45, 7) is 0.819. The first-order chi connectivity index (χ1) is 10.1. The van der Waals surface area contributed by atoms with E-state index in [9.17, 15) is 4.79 Å². The van der Waals surface area contributed by atoms with Crippen molar-refractivity contribution in [1.82, 2.24) is 5.32 Å². The van der Waals surface area contributed by atoms with Gasteiger partial charge in [-0.3, -0.25) is 4.79 Å². The SMILES string of the molecule is Nc1c(C(=O)NCCSCCCO)sc2cc(Br)ccc12. The molecule has 2 rings (SSSR count). The zero-order chi connectivity index (χ0) is 15.2. The maximum atomic E-state index is 12.2. The number of anilines is 1. The molecule has 0 saturated heterocycles. The Bertz CT molecular complexity index is 631. The zero-order valence-electron chi connectivity index (χ0n) is 11.4. The highest BCUT2D eigenvalue weighted by Gasteiger charge is 2.15. The summed E-state index contributed by atoms with van der Waals surface area (Å²) in [5.41, 5.74) is 6.61. The van der Waals surface area contributed by atoms with Crippen LogP contribution in [0.4, 0.5) is 5.69 Å². The Balaban J connectivity index is 1.95. The summed E-state index contributed by atoms with van der Waals surface area (Å²) in [4.78, 5) is 12.7. The molecule has 1 heterocycles. The molecule has 1 aromatic heterocycles. The number of nitrogens with one attached hydrogen (secondary N) is 1. The van der Waals surface area contributed by atoms with E-state index in [4.69, 9.17) is 10.8 Å². The van der Waals surface area contributed by atoms with E-state index in [0.717, 1.165) is 32.5 Å². The lowest BCUT2D eigenvalue weighted by Crippen LogP contribution is -2.25. The van der Waals surface area contributed by atoms with E-state index >= 15 is 0 Å². The lowest BCUT2D eigenvalue weighted by Gasteiger charge is -2.04. The van der Waals surface area contributed by atoms with Crippen LogP contribution in [0.5, 0.6) is 0 Å². The van der Waals surface area contributed by atoms with E-state index in [-0.39, 0.29) is 12.5 Å². The van der Waals surface area contributed by atoms with Crippen LogP contribution in [0.3, 0.4) is 0 Å². The molecule has 0 aliphatic carbocycles. The third-order valence-corrected chi connectivity index (χ3v) is 5.61. The molecular formula is C14H17BrN2O2S2. The smallest absolute Gasteiger partial charge is 0.263 e. The number of carbonyl (C=O) groups is 1. The number of thioether (sulfide) groups is 1. The summed E-state index contributed by atoms with van der Waals surface area (Å²) in [5, 5.41) is 12.5. The third-order valence-electron chi connectivity index (χ3n) is 2.88. The van der Waals surface area contributed by atoms with Crippen molar-refractivity contribution in [3.05, 3.63) is 27.5 Å². The molecule has 0 radical (unpaired) electrons. The lowest BCUT2D eigenvalue weighted by atomic mass is 10.2. The first-order valence-corrected chi connectivity index (χ1v) is 9.34. The Morgan fingerprint density at radius 2 is 2.24 bits per heavy atom. The zero-order valence-corrected chi connectivity index (χ0v) is 14.6. The van der Waals surface area contributed by atoms with Crippen molar-refractivity contribution in [3.8, 4) is 0 Å². The minimum absolute atomic E-state index is 0.118. The van der Waals surface area contributed by atoms with Crippen molar-refractivity contribution in [3.63, 3.8) is 0 Å². The highest BCUT2D eigenvalue weighted by atomic mass is 79.9. The van der Waals surface area contributed by atoms with Crippen molar-refractivity contribution in [2.75, 3.05) is 30.4 Å². The van der Waals surface area contributed by atoms with Gasteiger partial charge in [-0.25, -0.2) is 0 Å². The summed E-state index contributed by atoms with van der Waals surface area (Å²) in [5.74, 6) is 1.63. The van der Waals surface area contributed by atoms with Gasteiger partial charge in [0, 0.05) is 33.5 Å². The first-order valence-electron chi connectivity index (χ1n) is 6.58. The molecule has 0 bridgehead atoms. The van der Waals surface area contributed by atoms with Gasteiger partial charge in [0.25, 0.3) is 5.91 Å². The van der Waals surface area contributed by atoms with Crippen LogP contribution in [0.2, 0.25) is 0 Å². The number of nitrogens with two attached hydrogens (primary N) is 1. The standard InChI is InChI=1S/C14H17BrN2O2S2/c15-9-2-3-10-11(8-9)21-13(12(10)16)14(19)17-4-7-20-6-1-5-18/h2-3,8,18H,1,4-7,16H2,(H,17,19). The predicted molar refractivity (Wildman–Crippen MR) is 95.3 cm³/mol. The van der Waals surface area contributed by atoms with E-state index in [1.165, 1.54) is 11.3 Å². The van der Waals surface area contributed by atoms with E-state index in [1.807, 2.05) is 18.2 Å². The third kappa shape index (κ3) is 4.35. The Hall–Kier alpha value is -0.760. The van der Waals surface area contributed by atoms with Gasteiger partial charge in [0.1, 0.15) is 4.88 Å².